The van der Waals surface area contributed by atoms with Gasteiger partial charge in [-0.25, -0.2) is 9.36 Å². The lowest BCUT2D eigenvalue weighted by Gasteiger charge is -2.19. The highest BCUT2D eigenvalue weighted by molar-refractivity contribution is 5.96. The zero-order valence-electron chi connectivity index (χ0n) is 11.1. The maximum atomic E-state index is 12.0. The summed E-state index contributed by atoms with van der Waals surface area (Å²) in [6, 6.07) is 2.84. The number of aromatic nitrogens is 1. The highest BCUT2D eigenvalue weighted by atomic mass is 16.5. The third-order valence-corrected chi connectivity index (χ3v) is 2.61. The summed E-state index contributed by atoms with van der Waals surface area (Å²) in [5.74, 6) is -0.743. The molecule has 0 unspecified atom stereocenters. The number of pyridine rings is 1. The summed E-state index contributed by atoms with van der Waals surface area (Å²) in [4.78, 5) is 23.5. The molecule has 0 aliphatic heterocycles. The first-order valence-electron chi connectivity index (χ1n) is 5.79. The predicted molar refractivity (Wildman–Crippen MR) is 65.7 cm³/mol. The molecule has 0 fully saturated rings. The zero-order valence-corrected chi connectivity index (χ0v) is 11.1. The number of carbonyl (C=O) groups excluding carboxylic acids is 2. The average molecular weight is 251 g/mol. The second-order valence-electron chi connectivity index (χ2n) is 4.48. The Bertz CT molecular complexity index is 444. The summed E-state index contributed by atoms with van der Waals surface area (Å²) < 4.78 is 6.45. The van der Waals surface area contributed by atoms with Crippen LogP contribution >= 0.6 is 0 Å². The zero-order chi connectivity index (χ0) is 13.7. The van der Waals surface area contributed by atoms with E-state index in [9.17, 15) is 9.59 Å². The third-order valence-electron chi connectivity index (χ3n) is 2.61. The fourth-order valence-electron chi connectivity index (χ4n) is 1.57. The molecular weight excluding hydrogens is 232 g/mol. The van der Waals surface area contributed by atoms with Crippen molar-refractivity contribution in [2.45, 2.75) is 19.9 Å². The maximum absolute atomic E-state index is 12.0. The summed E-state index contributed by atoms with van der Waals surface area (Å²) in [6.45, 7) is 3.71. The van der Waals surface area contributed by atoms with E-state index in [4.69, 9.17) is 0 Å². The van der Waals surface area contributed by atoms with Crippen LogP contribution in [0.4, 0.5) is 0 Å². The number of nitrogens with zero attached hydrogens (tertiary/aromatic N) is 1. The first kappa shape index (κ1) is 14.2. The lowest BCUT2D eigenvalue weighted by Crippen LogP contribution is -2.45. The summed E-state index contributed by atoms with van der Waals surface area (Å²) >= 11 is 0. The van der Waals surface area contributed by atoms with Gasteiger partial charge < -0.3 is 10.1 Å². The van der Waals surface area contributed by atoms with Crippen molar-refractivity contribution in [1.29, 1.82) is 0 Å². The molecule has 0 saturated carbocycles. The van der Waals surface area contributed by atoms with Crippen molar-refractivity contribution in [2.24, 2.45) is 13.0 Å². The van der Waals surface area contributed by atoms with Crippen LogP contribution in [0.2, 0.25) is 0 Å². The summed E-state index contributed by atoms with van der Waals surface area (Å²) in [5.41, 5.74) is 0.509. The minimum atomic E-state index is -0.631. The van der Waals surface area contributed by atoms with Gasteiger partial charge in [0.15, 0.2) is 12.4 Å². The summed E-state index contributed by atoms with van der Waals surface area (Å²) in [7, 11) is 3.14. The van der Waals surface area contributed by atoms with Gasteiger partial charge in [-0.1, -0.05) is 13.8 Å². The molecule has 1 rings (SSSR count). The highest BCUT2D eigenvalue weighted by Crippen LogP contribution is 2.05. The Hall–Kier alpha value is -1.91. The van der Waals surface area contributed by atoms with Gasteiger partial charge in [0.25, 0.3) is 5.91 Å². The number of hydrogen-bond acceptors (Lipinski definition) is 3. The Morgan fingerprint density at radius 2 is 2.06 bits per heavy atom. The minimum absolute atomic E-state index is 0.0288. The van der Waals surface area contributed by atoms with Gasteiger partial charge in [-0.15, -0.1) is 0 Å². The molecule has 1 N–H and O–H groups in total. The average Bonchev–Trinajstić information content (AvgIpc) is 2.34. The fourth-order valence-corrected chi connectivity index (χ4v) is 1.57. The number of carbonyl (C=O) groups is 2. The van der Waals surface area contributed by atoms with Crippen molar-refractivity contribution < 1.29 is 18.9 Å². The van der Waals surface area contributed by atoms with E-state index in [1.54, 1.807) is 22.9 Å². The molecule has 0 aliphatic carbocycles. The SMILES string of the molecule is COC(=O)[C@@H](NC(=O)c1ccc[n+](C)c1)C(C)C. The number of hydrogen-bond donors (Lipinski definition) is 1. The van der Waals surface area contributed by atoms with Crippen LogP contribution in [0.15, 0.2) is 24.5 Å². The van der Waals surface area contributed by atoms with Crippen molar-refractivity contribution in [2.75, 3.05) is 7.11 Å². The van der Waals surface area contributed by atoms with Gasteiger partial charge in [-0.2, -0.15) is 0 Å². The van der Waals surface area contributed by atoms with E-state index in [0.717, 1.165) is 0 Å². The maximum Gasteiger partial charge on any atom is 0.328 e. The van der Waals surface area contributed by atoms with E-state index in [0.29, 0.717) is 5.56 Å². The number of amides is 1. The van der Waals surface area contributed by atoms with E-state index < -0.39 is 12.0 Å². The van der Waals surface area contributed by atoms with Crippen LogP contribution in [0.1, 0.15) is 24.2 Å². The van der Waals surface area contributed by atoms with E-state index in [1.165, 1.54) is 7.11 Å². The molecule has 0 saturated heterocycles. The molecule has 0 aromatic carbocycles. The molecule has 0 spiro atoms. The molecular formula is C13H19N2O3+. The van der Waals surface area contributed by atoms with Crippen LogP contribution in [0, 0.1) is 5.92 Å². The van der Waals surface area contributed by atoms with E-state index in [-0.39, 0.29) is 11.8 Å². The van der Waals surface area contributed by atoms with E-state index >= 15 is 0 Å². The van der Waals surface area contributed by atoms with Crippen molar-refractivity contribution in [1.82, 2.24) is 5.32 Å². The van der Waals surface area contributed by atoms with Crippen LogP contribution in [0.3, 0.4) is 0 Å². The lowest BCUT2D eigenvalue weighted by molar-refractivity contribution is -0.671. The number of esters is 1. The molecule has 1 atom stereocenters. The number of methoxy groups -OCH3 is 1. The summed E-state index contributed by atoms with van der Waals surface area (Å²) in [5, 5.41) is 2.68. The summed E-state index contributed by atoms with van der Waals surface area (Å²) in [6.07, 6.45) is 3.53. The van der Waals surface area contributed by atoms with Gasteiger partial charge in [0.1, 0.15) is 18.7 Å². The van der Waals surface area contributed by atoms with Crippen molar-refractivity contribution >= 4 is 11.9 Å². The van der Waals surface area contributed by atoms with Gasteiger partial charge >= 0.3 is 5.97 Å². The Kier molecular flexibility index (Phi) is 4.83. The molecule has 1 amide bonds. The molecule has 1 aromatic heterocycles. The monoisotopic (exact) mass is 251 g/mol. The van der Waals surface area contributed by atoms with Crippen LogP contribution < -0.4 is 9.88 Å². The number of nitrogens with one attached hydrogen (secondary N) is 1. The largest absolute Gasteiger partial charge is 0.467 e. The van der Waals surface area contributed by atoms with E-state index in [1.807, 2.05) is 27.1 Å². The van der Waals surface area contributed by atoms with E-state index in [2.05, 4.69) is 10.1 Å². The standard InChI is InChI=1S/C13H18N2O3/c1-9(2)11(13(17)18-4)14-12(16)10-6-5-7-15(3)8-10/h5-9,11H,1-4H3/p+1/t11-/m0/s1. The molecule has 18 heavy (non-hydrogen) atoms. The van der Waals surface area contributed by atoms with Crippen LogP contribution in [0.5, 0.6) is 0 Å². The smallest absolute Gasteiger partial charge is 0.328 e. The van der Waals surface area contributed by atoms with Crippen LogP contribution in [0.25, 0.3) is 0 Å². The topological polar surface area (TPSA) is 59.3 Å². The van der Waals surface area contributed by atoms with Gasteiger partial charge in [0.2, 0.25) is 0 Å². The molecule has 5 nitrogen and oxygen atoms in total. The number of rotatable bonds is 4. The van der Waals surface area contributed by atoms with Gasteiger partial charge in [0.05, 0.1) is 7.11 Å². The highest BCUT2D eigenvalue weighted by Gasteiger charge is 2.25. The number of ether oxygens (including phenoxy) is 1. The lowest BCUT2D eigenvalue weighted by atomic mass is 10.0. The Morgan fingerprint density at radius 3 is 2.56 bits per heavy atom. The van der Waals surface area contributed by atoms with Crippen molar-refractivity contribution in [3.63, 3.8) is 0 Å². The minimum Gasteiger partial charge on any atom is -0.467 e. The van der Waals surface area contributed by atoms with Crippen LogP contribution in [-0.2, 0) is 16.6 Å². The van der Waals surface area contributed by atoms with Crippen molar-refractivity contribution in [3.8, 4) is 0 Å². The number of aryl methyl sites for hydroxylation is 1. The molecule has 98 valence electrons. The third kappa shape index (κ3) is 3.55. The predicted octanol–water partition coefficient (Wildman–Crippen LogP) is 0.438. The van der Waals surface area contributed by atoms with Gasteiger partial charge in [-0.3, -0.25) is 4.79 Å². The molecule has 5 heteroatoms. The Morgan fingerprint density at radius 1 is 1.39 bits per heavy atom. The normalized spacial score (nSPS) is 12.1. The first-order valence-corrected chi connectivity index (χ1v) is 5.79. The van der Waals surface area contributed by atoms with Gasteiger partial charge in [0, 0.05) is 6.07 Å². The molecule has 0 aliphatic rings. The first-order chi connectivity index (χ1) is 8.45. The van der Waals surface area contributed by atoms with Crippen LogP contribution in [-0.4, -0.2) is 25.0 Å². The fraction of sp³-hybridized carbons (Fsp3) is 0.462. The molecule has 1 heterocycles. The quantitative estimate of drug-likeness (QED) is 0.624. The molecule has 0 radical (unpaired) electrons. The molecule has 0 bridgehead atoms. The Labute approximate surface area is 107 Å². The van der Waals surface area contributed by atoms with Gasteiger partial charge in [-0.05, 0) is 12.0 Å². The van der Waals surface area contributed by atoms with Crippen molar-refractivity contribution in [3.05, 3.63) is 30.1 Å². The second-order valence-corrected chi connectivity index (χ2v) is 4.48. The Balaban J connectivity index is 2.82. The molecule has 1 aromatic rings. The second kappa shape index (κ2) is 6.14.